The topological polar surface area (TPSA) is 96.9 Å². The molecule has 0 saturated carbocycles. The molecule has 0 unspecified atom stereocenters. The van der Waals surface area contributed by atoms with Gasteiger partial charge in [-0.2, -0.15) is 0 Å². The van der Waals surface area contributed by atoms with Crippen LogP contribution < -0.4 is 20.3 Å². The minimum Gasteiger partial charge on any atom is -0.494 e. The SMILES string of the molecule is COc1ccc(C(=O)NCCOc2ccc(SC(=O)NO)cc2)cc1F. The lowest BCUT2D eigenvalue weighted by Crippen LogP contribution is -2.28. The Morgan fingerprint density at radius 2 is 1.92 bits per heavy atom. The third-order valence-electron chi connectivity index (χ3n) is 3.20. The van der Waals surface area contributed by atoms with Crippen LogP contribution in [-0.4, -0.2) is 36.6 Å². The molecule has 26 heavy (non-hydrogen) atoms. The zero-order chi connectivity index (χ0) is 18.9. The van der Waals surface area contributed by atoms with Crippen LogP contribution in [0.1, 0.15) is 10.4 Å². The Hall–Kier alpha value is -2.78. The van der Waals surface area contributed by atoms with Crippen LogP contribution in [-0.2, 0) is 0 Å². The number of carbonyl (C=O) groups excluding carboxylic acids is 2. The first-order valence-corrected chi connectivity index (χ1v) is 8.31. The van der Waals surface area contributed by atoms with Crippen LogP contribution in [0.3, 0.4) is 0 Å². The van der Waals surface area contributed by atoms with Gasteiger partial charge in [0.1, 0.15) is 12.4 Å². The zero-order valence-corrected chi connectivity index (χ0v) is 14.6. The molecule has 0 aliphatic heterocycles. The van der Waals surface area contributed by atoms with Gasteiger partial charge in [0.05, 0.1) is 13.7 Å². The van der Waals surface area contributed by atoms with Crippen molar-refractivity contribution in [2.45, 2.75) is 4.90 Å². The molecule has 2 aromatic rings. The quantitative estimate of drug-likeness (QED) is 0.296. The monoisotopic (exact) mass is 380 g/mol. The molecule has 0 saturated heterocycles. The van der Waals surface area contributed by atoms with E-state index in [4.69, 9.17) is 14.7 Å². The molecule has 0 radical (unpaired) electrons. The van der Waals surface area contributed by atoms with Gasteiger partial charge in [0.2, 0.25) is 0 Å². The summed E-state index contributed by atoms with van der Waals surface area (Å²) in [5, 5.41) is 10.5. The van der Waals surface area contributed by atoms with Gasteiger partial charge in [-0.15, -0.1) is 0 Å². The van der Waals surface area contributed by atoms with Crippen molar-refractivity contribution in [3.8, 4) is 11.5 Å². The normalized spacial score (nSPS) is 10.1. The van der Waals surface area contributed by atoms with E-state index in [0.29, 0.717) is 10.6 Å². The van der Waals surface area contributed by atoms with Crippen molar-refractivity contribution in [2.24, 2.45) is 0 Å². The molecular formula is C17H17FN2O5S. The van der Waals surface area contributed by atoms with Crippen molar-refractivity contribution >= 4 is 22.9 Å². The van der Waals surface area contributed by atoms with Crippen molar-refractivity contribution in [3.05, 3.63) is 53.8 Å². The summed E-state index contributed by atoms with van der Waals surface area (Å²) in [6.07, 6.45) is 0. The van der Waals surface area contributed by atoms with Crippen molar-refractivity contribution in [3.63, 3.8) is 0 Å². The summed E-state index contributed by atoms with van der Waals surface area (Å²) >= 11 is 0.834. The number of methoxy groups -OCH3 is 1. The summed E-state index contributed by atoms with van der Waals surface area (Å²) in [5.74, 6) is -0.396. The number of ether oxygens (including phenoxy) is 2. The molecule has 0 spiro atoms. The molecule has 0 aliphatic rings. The fraction of sp³-hybridized carbons (Fsp3) is 0.176. The maximum atomic E-state index is 13.6. The second-order valence-corrected chi connectivity index (χ2v) is 5.97. The summed E-state index contributed by atoms with van der Waals surface area (Å²) < 4.78 is 23.9. The van der Waals surface area contributed by atoms with Gasteiger partial charge in [-0.05, 0) is 54.2 Å². The Kier molecular flexibility index (Phi) is 7.24. The number of rotatable bonds is 7. The maximum absolute atomic E-state index is 13.6. The highest BCUT2D eigenvalue weighted by molar-refractivity contribution is 8.13. The molecule has 0 aliphatic carbocycles. The fourth-order valence-corrected chi connectivity index (χ4v) is 2.51. The molecule has 2 amide bonds. The molecule has 0 heterocycles. The second kappa shape index (κ2) is 9.64. The predicted molar refractivity (Wildman–Crippen MR) is 93.4 cm³/mol. The molecule has 3 N–H and O–H groups in total. The number of hydroxylamine groups is 1. The van der Waals surface area contributed by atoms with E-state index in [9.17, 15) is 14.0 Å². The first-order valence-electron chi connectivity index (χ1n) is 7.50. The first kappa shape index (κ1) is 19.5. The van der Waals surface area contributed by atoms with Crippen LogP contribution in [0.25, 0.3) is 0 Å². The van der Waals surface area contributed by atoms with E-state index < -0.39 is 17.0 Å². The molecular weight excluding hydrogens is 363 g/mol. The molecule has 9 heteroatoms. The average Bonchev–Trinajstić information content (AvgIpc) is 2.66. The second-order valence-electron chi connectivity index (χ2n) is 4.93. The lowest BCUT2D eigenvalue weighted by Gasteiger charge is -2.09. The summed E-state index contributed by atoms with van der Waals surface area (Å²) in [5.41, 5.74) is 1.71. The van der Waals surface area contributed by atoms with E-state index in [1.54, 1.807) is 24.3 Å². The lowest BCUT2D eigenvalue weighted by molar-refractivity contribution is 0.0946. The fourth-order valence-electron chi connectivity index (χ4n) is 1.98. The largest absolute Gasteiger partial charge is 0.494 e. The first-order chi connectivity index (χ1) is 12.5. The van der Waals surface area contributed by atoms with Gasteiger partial charge in [0.15, 0.2) is 11.6 Å². The van der Waals surface area contributed by atoms with Gasteiger partial charge >= 0.3 is 5.24 Å². The van der Waals surface area contributed by atoms with E-state index in [-0.39, 0.29) is 24.5 Å². The highest BCUT2D eigenvalue weighted by Crippen LogP contribution is 2.21. The Bertz CT molecular complexity index is 770. The van der Waals surface area contributed by atoms with Crippen molar-refractivity contribution in [2.75, 3.05) is 20.3 Å². The number of halogens is 1. The number of thioether (sulfide) groups is 1. The van der Waals surface area contributed by atoms with E-state index >= 15 is 0 Å². The number of carbonyl (C=O) groups is 2. The van der Waals surface area contributed by atoms with Crippen LogP contribution in [0.15, 0.2) is 47.4 Å². The Morgan fingerprint density at radius 1 is 1.19 bits per heavy atom. The Labute approximate surface area is 153 Å². The summed E-state index contributed by atoms with van der Waals surface area (Å²) in [7, 11) is 1.35. The van der Waals surface area contributed by atoms with Gasteiger partial charge in [-0.25, -0.2) is 9.87 Å². The Morgan fingerprint density at radius 3 is 2.54 bits per heavy atom. The highest BCUT2D eigenvalue weighted by Gasteiger charge is 2.09. The molecule has 138 valence electrons. The number of benzene rings is 2. The average molecular weight is 380 g/mol. The van der Waals surface area contributed by atoms with E-state index in [1.165, 1.54) is 24.7 Å². The third kappa shape index (κ3) is 5.64. The summed E-state index contributed by atoms with van der Waals surface area (Å²) in [4.78, 5) is 23.6. The molecule has 2 rings (SSSR count). The highest BCUT2D eigenvalue weighted by atomic mass is 32.2. The van der Waals surface area contributed by atoms with Crippen molar-refractivity contribution in [1.82, 2.24) is 10.8 Å². The van der Waals surface area contributed by atoms with Crippen LogP contribution >= 0.6 is 11.8 Å². The van der Waals surface area contributed by atoms with Crippen molar-refractivity contribution < 1.29 is 28.7 Å². The molecule has 0 atom stereocenters. The third-order valence-corrected chi connectivity index (χ3v) is 3.98. The molecule has 0 aromatic heterocycles. The summed E-state index contributed by atoms with van der Waals surface area (Å²) in [6.45, 7) is 0.448. The van der Waals surface area contributed by atoms with E-state index in [2.05, 4.69) is 5.32 Å². The van der Waals surface area contributed by atoms with E-state index in [0.717, 1.165) is 17.8 Å². The van der Waals surface area contributed by atoms with Crippen LogP contribution in [0.4, 0.5) is 9.18 Å². The van der Waals surface area contributed by atoms with Gasteiger partial charge in [-0.1, -0.05) is 0 Å². The number of hydrogen-bond donors (Lipinski definition) is 3. The minimum absolute atomic E-state index is 0.0722. The number of amides is 2. The van der Waals surface area contributed by atoms with E-state index in [1.807, 2.05) is 0 Å². The van der Waals surface area contributed by atoms with Gasteiger partial charge in [-0.3, -0.25) is 14.8 Å². The molecule has 0 bridgehead atoms. The van der Waals surface area contributed by atoms with Crippen LogP contribution in [0.2, 0.25) is 0 Å². The zero-order valence-electron chi connectivity index (χ0n) is 13.8. The van der Waals surface area contributed by atoms with Gasteiger partial charge in [0.25, 0.3) is 5.91 Å². The van der Waals surface area contributed by atoms with Gasteiger partial charge in [0, 0.05) is 10.5 Å². The van der Waals surface area contributed by atoms with Crippen LogP contribution in [0.5, 0.6) is 11.5 Å². The van der Waals surface area contributed by atoms with Gasteiger partial charge < -0.3 is 14.8 Å². The Balaban J connectivity index is 1.77. The van der Waals surface area contributed by atoms with Crippen LogP contribution in [0, 0.1) is 5.82 Å². The molecule has 0 fully saturated rings. The van der Waals surface area contributed by atoms with Crippen molar-refractivity contribution in [1.29, 1.82) is 0 Å². The lowest BCUT2D eigenvalue weighted by atomic mass is 10.2. The minimum atomic E-state index is -0.607. The maximum Gasteiger partial charge on any atom is 0.307 e. The number of hydrogen-bond acceptors (Lipinski definition) is 6. The number of nitrogens with one attached hydrogen (secondary N) is 2. The smallest absolute Gasteiger partial charge is 0.307 e. The molecule has 7 nitrogen and oxygen atoms in total. The summed E-state index contributed by atoms with van der Waals surface area (Å²) in [6, 6.07) is 10.6. The predicted octanol–water partition coefficient (Wildman–Crippen LogP) is 2.83. The molecule has 2 aromatic carbocycles. The standard InChI is InChI=1S/C17H17FN2O5S/c1-24-15-7-2-11(10-14(15)18)16(21)19-8-9-25-12-3-5-13(6-4-12)26-17(22)20-23/h2-7,10,23H,8-9H2,1H3,(H,19,21)(H,20,22).